The molecule has 0 aliphatic heterocycles. The minimum atomic E-state index is 0.333. The number of rotatable bonds is 2. The second-order valence-corrected chi connectivity index (χ2v) is 5.73. The zero-order valence-corrected chi connectivity index (χ0v) is 10.5. The van der Waals surface area contributed by atoms with Crippen molar-refractivity contribution in [3.8, 4) is 0 Å². The van der Waals surface area contributed by atoms with Gasteiger partial charge in [0.2, 0.25) is 0 Å². The van der Waals surface area contributed by atoms with Crippen molar-refractivity contribution < 1.29 is 0 Å². The van der Waals surface area contributed by atoms with Crippen molar-refractivity contribution in [1.29, 1.82) is 0 Å². The number of thiophene rings is 1. The maximum absolute atomic E-state index is 5.96. The van der Waals surface area contributed by atoms with Gasteiger partial charge in [-0.3, -0.25) is 0 Å². The molecule has 5 heteroatoms. The van der Waals surface area contributed by atoms with Crippen molar-refractivity contribution in [2.75, 3.05) is 5.32 Å². The lowest BCUT2D eigenvalue weighted by molar-refractivity contribution is 0.454. The summed E-state index contributed by atoms with van der Waals surface area (Å²) in [5.41, 5.74) is 2.28. The average molecular weight is 254 g/mol. The molecule has 2 aromatic rings. The largest absolute Gasteiger partial charge is 0.366 e. The van der Waals surface area contributed by atoms with Gasteiger partial charge in [-0.2, -0.15) is 0 Å². The summed E-state index contributed by atoms with van der Waals surface area (Å²) >= 11 is 7.66. The number of anilines is 1. The van der Waals surface area contributed by atoms with Gasteiger partial charge in [0.1, 0.15) is 12.1 Å². The number of hydrogen-bond donors (Lipinski definition) is 1. The molecule has 0 aromatic carbocycles. The van der Waals surface area contributed by atoms with E-state index in [9.17, 15) is 0 Å². The minimum Gasteiger partial charge on any atom is -0.366 e. The Balaban J connectivity index is 1.91. The zero-order chi connectivity index (χ0) is 11.1. The molecule has 0 atom stereocenters. The Morgan fingerprint density at radius 1 is 1.44 bits per heavy atom. The second-order valence-electron chi connectivity index (χ2n) is 4.23. The number of aryl methyl sites for hydroxylation is 1. The molecule has 0 unspecified atom stereocenters. The van der Waals surface area contributed by atoms with E-state index in [1.807, 2.05) is 0 Å². The summed E-state index contributed by atoms with van der Waals surface area (Å²) in [5, 5.41) is 5.89. The van der Waals surface area contributed by atoms with Crippen LogP contribution in [0.2, 0.25) is 0 Å². The van der Waals surface area contributed by atoms with E-state index >= 15 is 0 Å². The maximum atomic E-state index is 5.96. The first-order valence-electron chi connectivity index (χ1n) is 5.33. The Bertz CT molecular complexity index is 519. The Kier molecular flexibility index (Phi) is 2.48. The third kappa shape index (κ3) is 1.66. The van der Waals surface area contributed by atoms with Gasteiger partial charge in [0.15, 0.2) is 0 Å². The van der Waals surface area contributed by atoms with E-state index in [0.29, 0.717) is 11.4 Å². The number of halogens is 1. The van der Waals surface area contributed by atoms with Crippen molar-refractivity contribution in [1.82, 2.24) is 9.97 Å². The van der Waals surface area contributed by atoms with Crippen LogP contribution in [0.4, 0.5) is 5.82 Å². The van der Waals surface area contributed by atoms with Crippen LogP contribution in [0.5, 0.6) is 0 Å². The fraction of sp³-hybridized carbons (Fsp3) is 0.455. The number of hydrogen-bond acceptors (Lipinski definition) is 4. The topological polar surface area (TPSA) is 37.8 Å². The first kappa shape index (κ1) is 10.3. The third-order valence-corrected chi connectivity index (χ3v) is 4.40. The summed E-state index contributed by atoms with van der Waals surface area (Å²) in [6.07, 6.45) is 3.68. The molecular weight excluding hydrogens is 242 g/mol. The minimum absolute atomic E-state index is 0.333. The number of fused-ring (bicyclic) bond motifs is 1. The Morgan fingerprint density at radius 2 is 2.25 bits per heavy atom. The Labute approximate surface area is 103 Å². The van der Waals surface area contributed by atoms with Gasteiger partial charge < -0.3 is 5.32 Å². The van der Waals surface area contributed by atoms with Crippen LogP contribution in [0.25, 0.3) is 10.2 Å². The molecule has 1 N–H and O–H groups in total. The van der Waals surface area contributed by atoms with Gasteiger partial charge in [-0.25, -0.2) is 9.97 Å². The lowest BCUT2D eigenvalue weighted by atomic mass is 9.92. The van der Waals surface area contributed by atoms with Crippen LogP contribution in [0.3, 0.4) is 0 Å². The lowest BCUT2D eigenvalue weighted by Crippen LogP contribution is -2.36. The van der Waals surface area contributed by atoms with Crippen molar-refractivity contribution in [2.24, 2.45) is 0 Å². The fourth-order valence-corrected chi connectivity index (χ4v) is 3.32. The first-order chi connectivity index (χ1) is 7.74. The van der Waals surface area contributed by atoms with Gasteiger partial charge in [-0.15, -0.1) is 22.9 Å². The molecule has 16 heavy (non-hydrogen) atoms. The maximum Gasteiger partial charge on any atom is 0.147 e. The molecule has 0 bridgehead atoms. The standard InChI is InChI=1S/C11H12ClN3S/c1-6-4-16-10-9(6)13-5-14-11(10)15-8-2-7(12)3-8/h4-5,7-8H,2-3H2,1H3,(H,13,14,15). The molecule has 1 fully saturated rings. The molecule has 1 aliphatic carbocycles. The van der Waals surface area contributed by atoms with Crippen molar-refractivity contribution in [2.45, 2.75) is 31.2 Å². The van der Waals surface area contributed by atoms with Crippen LogP contribution in [0.1, 0.15) is 18.4 Å². The number of alkyl halides is 1. The van der Waals surface area contributed by atoms with Crippen LogP contribution in [0.15, 0.2) is 11.7 Å². The average Bonchev–Trinajstić information content (AvgIpc) is 2.60. The van der Waals surface area contributed by atoms with E-state index in [-0.39, 0.29) is 0 Å². The quantitative estimate of drug-likeness (QED) is 0.836. The molecule has 0 amide bonds. The molecule has 1 aliphatic rings. The smallest absolute Gasteiger partial charge is 0.147 e. The summed E-state index contributed by atoms with van der Waals surface area (Å²) in [7, 11) is 0. The van der Waals surface area contributed by atoms with Gasteiger partial charge in [-0.1, -0.05) is 0 Å². The van der Waals surface area contributed by atoms with Crippen LogP contribution < -0.4 is 5.32 Å². The highest BCUT2D eigenvalue weighted by Gasteiger charge is 2.27. The predicted molar refractivity (Wildman–Crippen MR) is 68.4 cm³/mol. The molecule has 0 saturated heterocycles. The predicted octanol–water partition coefficient (Wildman–Crippen LogP) is 3.18. The summed E-state index contributed by atoms with van der Waals surface area (Å²) in [5.74, 6) is 0.955. The van der Waals surface area contributed by atoms with E-state index in [1.165, 1.54) is 5.56 Å². The summed E-state index contributed by atoms with van der Waals surface area (Å²) in [4.78, 5) is 8.61. The summed E-state index contributed by atoms with van der Waals surface area (Å²) in [6, 6.07) is 0.475. The monoisotopic (exact) mass is 253 g/mol. The zero-order valence-electron chi connectivity index (χ0n) is 8.90. The van der Waals surface area contributed by atoms with Crippen molar-refractivity contribution in [3.05, 3.63) is 17.3 Å². The molecular formula is C11H12ClN3S. The van der Waals surface area contributed by atoms with Crippen LogP contribution >= 0.6 is 22.9 Å². The van der Waals surface area contributed by atoms with E-state index in [2.05, 4.69) is 27.6 Å². The Morgan fingerprint density at radius 3 is 3.00 bits per heavy atom. The molecule has 1 saturated carbocycles. The molecule has 3 nitrogen and oxygen atoms in total. The fourth-order valence-electron chi connectivity index (χ4n) is 1.93. The number of nitrogens with one attached hydrogen (secondary N) is 1. The van der Waals surface area contributed by atoms with Gasteiger partial charge >= 0.3 is 0 Å². The highest BCUT2D eigenvalue weighted by molar-refractivity contribution is 7.18. The van der Waals surface area contributed by atoms with Gasteiger partial charge in [0, 0.05) is 11.4 Å². The van der Waals surface area contributed by atoms with Gasteiger partial charge in [0.25, 0.3) is 0 Å². The second kappa shape index (κ2) is 3.86. The molecule has 3 rings (SSSR count). The van der Waals surface area contributed by atoms with Crippen molar-refractivity contribution >= 4 is 39.0 Å². The molecule has 0 spiro atoms. The Hall–Kier alpha value is -0.870. The number of nitrogens with zero attached hydrogens (tertiary/aromatic N) is 2. The molecule has 0 radical (unpaired) electrons. The highest BCUT2D eigenvalue weighted by atomic mass is 35.5. The first-order valence-corrected chi connectivity index (χ1v) is 6.65. The lowest BCUT2D eigenvalue weighted by Gasteiger charge is -2.31. The third-order valence-electron chi connectivity index (χ3n) is 2.95. The highest BCUT2D eigenvalue weighted by Crippen LogP contribution is 2.32. The van der Waals surface area contributed by atoms with E-state index < -0.39 is 0 Å². The number of aromatic nitrogens is 2. The normalized spacial score (nSPS) is 24.4. The van der Waals surface area contributed by atoms with Gasteiger partial charge in [-0.05, 0) is 30.7 Å². The summed E-state index contributed by atoms with van der Waals surface area (Å²) < 4.78 is 1.15. The molecule has 84 valence electrons. The van der Waals surface area contributed by atoms with Crippen LogP contribution in [-0.2, 0) is 0 Å². The molecule has 2 heterocycles. The van der Waals surface area contributed by atoms with E-state index in [0.717, 1.165) is 28.9 Å². The van der Waals surface area contributed by atoms with E-state index in [4.69, 9.17) is 11.6 Å². The van der Waals surface area contributed by atoms with Gasteiger partial charge in [0.05, 0.1) is 10.2 Å². The molecule has 2 aromatic heterocycles. The summed E-state index contributed by atoms with van der Waals surface area (Å²) in [6.45, 7) is 2.08. The van der Waals surface area contributed by atoms with Crippen molar-refractivity contribution in [3.63, 3.8) is 0 Å². The van der Waals surface area contributed by atoms with E-state index in [1.54, 1.807) is 17.7 Å². The van der Waals surface area contributed by atoms with Crippen LogP contribution in [-0.4, -0.2) is 21.4 Å². The SMILES string of the molecule is Cc1csc2c(NC3CC(Cl)C3)ncnc12. The van der Waals surface area contributed by atoms with Crippen LogP contribution in [0, 0.1) is 6.92 Å².